The Balaban J connectivity index is 2.33. The lowest BCUT2D eigenvalue weighted by atomic mass is 10.3. The first-order valence-corrected chi connectivity index (χ1v) is 5.71. The molecule has 1 rings (SSSR count). The lowest BCUT2D eigenvalue weighted by Crippen LogP contribution is -2.38. The average Bonchev–Trinajstić information content (AvgIpc) is 2.37. The fraction of sp³-hybridized carbons (Fsp3) is 0.462. The van der Waals surface area contributed by atoms with E-state index in [1.807, 2.05) is 6.92 Å². The van der Waals surface area contributed by atoms with Gasteiger partial charge in [-0.25, -0.2) is 0 Å². The van der Waals surface area contributed by atoms with E-state index in [1.54, 1.807) is 38.5 Å². The minimum absolute atomic E-state index is 0.0135. The van der Waals surface area contributed by atoms with Crippen molar-refractivity contribution < 1.29 is 19.0 Å². The molecule has 1 amide bonds. The van der Waals surface area contributed by atoms with E-state index in [0.29, 0.717) is 12.4 Å². The Morgan fingerprint density at radius 2 is 1.83 bits per heavy atom. The Kier molecular flexibility index (Phi) is 6.00. The molecule has 0 aliphatic rings. The molecule has 100 valence electrons. The van der Waals surface area contributed by atoms with Crippen molar-refractivity contribution in [1.82, 2.24) is 5.32 Å². The van der Waals surface area contributed by atoms with Crippen molar-refractivity contribution >= 4 is 5.91 Å². The van der Waals surface area contributed by atoms with Gasteiger partial charge in [-0.05, 0) is 31.2 Å². The molecule has 0 spiro atoms. The topological polar surface area (TPSA) is 56.8 Å². The van der Waals surface area contributed by atoms with Crippen molar-refractivity contribution in [3.8, 4) is 11.5 Å². The molecule has 0 aromatic heterocycles. The zero-order valence-electron chi connectivity index (χ0n) is 10.9. The summed E-state index contributed by atoms with van der Waals surface area (Å²) in [4.78, 5) is 11.5. The van der Waals surface area contributed by atoms with Crippen LogP contribution in [0.5, 0.6) is 11.5 Å². The van der Waals surface area contributed by atoms with Crippen molar-refractivity contribution in [1.29, 1.82) is 0 Å². The summed E-state index contributed by atoms with van der Waals surface area (Å²) in [7, 11) is 3.19. The van der Waals surface area contributed by atoms with Crippen molar-refractivity contribution in [3.05, 3.63) is 24.3 Å². The van der Waals surface area contributed by atoms with E-state index >= 15 is 0 Å². The molecule has 0 saturated carbocycles. The molecule has 1 aromatic rings. The van der Waals surface area contributed by atoms with Crippen LogP contribution in [-0.2, 0) is 9.53 Å². The van der Waals surface area contributed by atoms with E-state index in [-0.39, 0.29) is 18.6 Å². The minimum Gasteiger partial charge on any atom is -0.497 e. The molecule has 18 heavy (non-hydrogen) atoms. The van der Waals surface area contributed by atoms with E-state index in [9.17, 15) is 4.79 Å². The van der Waals surface area contributed by atoms with Crippen molar-refractivity contribution in [2.45, 2.75) is 13.0 Å². The zero-order valence-corrected chi connectivity index (χ0v) is 10.9. The molecule has 5 heteroatoms. The summed E-state index contributed by atoms with van der Waals surface area (Å²) in [5.41, 5.74) is 0. The maximum atomic E-state index is 11.5. The van der Waals surface area contributed by atoms with Gasteiger partial charge in [0.2, 0.25) is 0 Å². The normalized spacial score (nSPS) is 11.7. The number of hydrogen-bond acceptors (Lipinski definition) is 4. The highest BCUT2D eigenvalue weighted by Gasteiger charge is 2.07. The third kappa shape index (κ3) is 5.05. The molecular weight excluding hydrogens is 234 g/mol. The number of ether oxygens (including phenoxy) is 3. The van der Waals surface area contributed by atoms with Crippen LogP contribution < -0.4 is 14.8 Å². The predicted octanol–water partition coefficient (Wildman–Crippen LogP) is 1.23. The van der Waals surface area contributed by atoms with Gasteiger partial charge in [0.15, 0.2) is 6.61 Å². The first-order chi connectivity index (χ1) is 8.65. The molecule has 0 saturated heterocycles. The molecule has 1 atom stereocenters. The third-order valence-electron chi connectivity index (χ3n) is 2.25. The van der Waals surface area contributed by atoms with E-state index < -0.39 is 0 Å². The summed E-state index contributed by atoms with van der Waals surface area (Å²) in [6.07, 6.45) is 0. The van der Waals surface area contributed by atoms with Crippen LogP contribution >= 0.6 is 0 Å². The summed E-state index contributed by atoms with van der Waals surface area (Å²) in [5, 5.41) is 2.76. The van der Waals surface area contributed by atoms with Gasteiger partial charge in [0.1, 0.15) is 11.5 Å². The van der Waals surface area contributed by atoms with E-state index in [4.69, 9.17) is 14.2 Å². The summed E-state index contributed by atoms with van der Waals surface area (Å²) in [6, 6.07) is 7.04. The van der Waals surface area contributed by atoms with Gasteiger partial charge in [0.25, 0.3) is 5.91 Å². The van der Waals surface area contributed by atoms with Gasteiger partial charge in [-0.2, -0.15) is 0 Å². The monoisotopic (exact) mass is 253 g/mol. The van der Waals surface area contributed by atoms with Crippen LogP contribution in [0.3, 0.4) is 0 Å². The second-order valence-corrected chi connectivity index (χ2v) is 3.89. The summed E-state index contributed by atoms with van der Waals surface area (Å²) in [5.74, 6) is 1.21. The largest absolute Gasteiger partial charge is 0.497 e. The number of carbonyl (C=O) groups is 1. The molecule has 0 unspecified atom stereocenters. The average molecular weight is 253 g/mol. The number of rotatable bonds is 7. The van der Waals surface area contributed by atoms with Crippen LogP contribution in [0.1, 0.15) is 6.92 Å². The fourth-order valence-corrected chi connectivity index (χ4v) is 1.43. The van der Waals surface area contributed by atoms with Gasteiger partial charge in [-0.15, -0.1) is 0 Å². The SMILES string of the molecule is COC[C@@H](C)NC(=O)COc1ccc(OC)cc1. The Hall–Kier alpha value is -1.75. The molecule has 0 aliphatic carbocycles. The number of amides is 1. The number of methoxy groups -OCH3 is 2. The zero-order chi connectivity index (χ0) is 13.4. The van der Waals surface area contributed by atoms with E-state index in [2.05, 4.69) is 5.32 Å². The molecule has 1 aromatic carbocycles. The van der Waals surface area contributed by atoms with Crippen LogP contribution in [0.25, 0.3) is 0 Å². The Morgan fingerprint density at radius 1 is 1.22 bits per heavy atom. The van der Waals surface area contributed by atoms with E-state index in [1.165, 1.54) is 0 Å². The molecule has 0 aliphatic heterocycles. The molecule has 0 fully saturated rings. The van der Waals surface area contributed by atoms with Crippen LogP contribution in [0.2, 0.25) is 0 Å². The minimum atomic E-state index is -0.171. The summed E-state index contributed by atoms with van der Waals surface area (Å²) >= 11 is 0. The Labute approximate surface area is 107 Å². The van der Waals surface area contributed by atoms with E-state index in [0.717, 1.165) is 5.75 Å². The highest BCUT2D eigenvalue weighted by molar-refractivity contribution is 5.77. The van der Waals surface area contributed by atoms with Gasteiger partial charge >= 0.3 is 0 Å². The molecule has 0 heterocycles. The molecule has 0 radical (unpaired) electrons. The first kappa shape index (κ1) is 14.3. The lowest BCUT2D eigenvalue weighted by molar-refractivity contribution is -0.124. The van der Waals surface area contributed by atoms with Gasteiger partial charge in [-0.3, -0.25) is 4.79 Å². The molecule has 1 N–H and O–H groups in total. The Bertz CT molecular complexity index is 364. The molecule has 5 nitrogen and oxygen atoms in total. The van der Waals surface area contributed by atoms with Crippen molar-refractivity contribution in [2.75, 3.05) is 27.4 Å². The first-order valence-electron chi connectivity index (χ1n) is 5.71. The standard InChI is InChI=1S/C13H19NO4/c1-10(8-16-2)14-13(15)9-18-12-6-4-11(17-3)5-7-12/h4-7,10H,8-9H2,1-3H3,(H,14,15)/t10-/m1/s1. The number of carbonyl (C=O) groups excluding carboxylic acids is 1. The molecule has 0 bridgehead atoms. The maximum absolute atomic E-state index is 11.5. The number of benzene rings is 1. The van der Waals surface area contributed by atoms with Crippen LogP contribution in [0, 0.1) is 0 Å². The smallest absolute Gasteiger partial charge is 0.258 e. The van der Waals surface area contributed by atoms with Gasteiger partial charge in [0, 0.05) is 13.2 Å². The van der Waals surface area contributed by atoms with Crippen molar-refractivity contribution in [2.24, 2.45) is 0 Å². The highest BCUT2D eigenvalue weighted by Crippen LogP contribution is 2.16. The number of hydrogen-bond donors (Lipinski definition) is 1. The van der Waals surface area contributed by atoms with Gasteiger partial charge in [0.05, 0.1) is 13.7 Å². The lowest BCUT2D eigenvalue weighted by Gasteiger charge is -2.13. The quantitative estimate of drug-likeness (QED) is 0.794. The van der Waals surface area contributed by atoms with Crippen LogP contribution in [0.4, 0.5) is 0 Å². The summed E-state index contributed by atoms with van der Waals surface area (Å²) in [6.45, 7) is 2.34. The van der Waals surface area contributed by atoms with Gasteiger partial charge in [-0.1, -0.05) is 0 Å². The van der Waals surface area contributed by atoms with Crippen molar-refractivity contribution in [3.63, 3.8) is 0 Å². The highest BCUT2D eigenvalue weighted by atomic mass is 16.5. The third-order valence-corrected chi connectivity index (χ3v) is 2.25. The maximum Gasteiger partial charge on any atom is 0.258 e. The summed E-state index contributed by atoms with van der Waals surface area (Å²) < 4.78 is 15.3. The predicted molar refractivity (Wildman–Crippen MR) is 68.0 cm³/mol. The second-order valence-electron chi connectivity index (χ2n) is 3.89. The second kappa shape index (κ2) is 7.55. The van der Waals surface area contributed by atoms with Crippen LogP contribution in [0.15, 0.2) is 24.3 Å². The van der Waals surface area contributed by atoms with Gasteiger partial charge < -0.3 is 19.5 Å². The number of nitrogens with one attached hydrogen (secondary N) is 1. The molecular formula is C13H19NO4. The Morgan fingerprint density at radius 3 is 2.39 bits per heavy atom. The fourth-order valence-electron chi connectivity index (χ4n) is 1.43. The van der Waals surface area contributed by atoms with Crippen LogP contribution in [-0.4, -0.2) is 39.4 Å².